The zero-order valence-corrected chi connectivity index (χ0v) is 13.4. The molecule has 2 rings (SSSR count). The first kappa shape index (κ1) is 14.2. The van der Waals surface area contributed by atoms with Gasteiger partial charge in [-0.05, 0) is 70.8 Å². The number of halogens is 3. The van der Waals surface area contributed by atoms with Gasteiger partial charge in [-0.2, -0.15) is 0 Å². The summed E-state index contributed by atoms with van der Waals surface area (Å²) in [7, 11) is 1.92. The van der Waals surface area contributed by atoms with Gasteiger partial charge in [-0.1, -0.05) is 17.7 Å². The van der Waals surface area contributed by atoms with E-state index in [9.17, 15) is 4.39 Å². The third-order valence-corrected chi connectivity index (χ3v) is 4.94. The topological polar surface area (TPSA) is 12.0 Å². The molecule has 0 bridgehead atoms. The molecule has 0 radical (unpaired) electrons. The van der Waals surface area contributed by atoms with Crippen LogP contribution in [0.15, 0.2) is 29.6 Å². The van der Waals surface area contributed by atoms with Crippen molar-refractivity contribution in [3.05, 3.63) is 54.5 Å². The fraction of sp³-hybridized carbons (Fsp3) is 0.231. The van der Waals surface area contributed by atoms with Crippen LogP contribution in [-0.2, 0) is 6.42 Å². The molecule has 2 aromatic rings. The van der Waals surface area contributed by atoms with Crippen LogP contribution in [-0.4, -0.2) is 7.05 Å². The molecule has 5 heteroatoms. The number of rotatable bonds is 4. The van der Waals surface area contributed by atoms with Crippen molar-refractivity contribution in [3.8, 4) is 0 Å². The van der Waals surface area contributed by atoms with Crippen molar-refractivity contribution in [1.82, 2.24) is 5.32 Å². The highest BCUT2D eigenvalue weighted by Crippen LogP contribution is 2.27. The average Bonchev–Trinajstić information content (AvgIpc) is 2.75. The van der Waals surface area contributed by atoms with Gasteiger partial charge in [0.15, 0.2) is 0 Å². The molecule has 0 amide bonds. The van der Waals surface area contributed by atoms with E-state index in [2.05, 4.69) is 39.4 Å². The fourth-order valence-electron chi connectivity index (χ4n) is 1.80. The number of hydrogen-bond acceptors (Lipinski definition) is 2. The predicted octanol–water partition coefficient (Wildman–Crippen LogP) is 4.65. The smallest absolute Gasteiger partial charge is 0.124 e. The Bertz CT molecular complexity index is 544. The van der Waals surface area contributed by atoms with E-state index in [1.165, 1.54) is 20.6 Å². The molecule has 0 spiro atoms. The Morgan fingerprint density at radius 2 is 2.22 bits per heavy atom. The van der Waals surface area contributed by atoms with E-state index in [1.54, 1.807) is 17.4 Å². The first-order valence-corrected chi connectivity index (χ1v) is 7.79. The summed E-state index contributed by atoms with van der Waals surface area (Å²) in [6, 6.07) is 6.92. The van der Waals surface area contributed by atoms with Crippen LogP contribution in [0, 0.1) is 8.70 Å². The molecule has 0 aliphatic rings. The summed E-state index contributed by atoms with van der Waals surface area (Å²) in [5, 5.41) is 5.90. The van der Waals surface area contributed by atoms with Gasteiger partial charge in [-0.3, -0.25) is 0 Å². The van der Waals surface area contributed by atoms with Gasteiger partial charge in [-0.15, -0.1) is 11.3 Å². The van der Waals surface area contributed by atoms with Gasteiger partial charge < -0.3 is 5.32 Å². The number of thiophene rings is 1. The minimum atomic E-state index is -0.296. The summed E-state index contributed by atoms with van der Waals surface area (Å²) in [6.45, 7) is 0. The molecule has 1 aromatic carbocycles. The van der Waals surface area contributed by atoms with Crippen molar-refractivity contribution in [1.29, 1.82) is 0 Å². The maximum absolute atomic E-state index is 13.0. The number of nitrogens with one attached hydrogen (secondary N) is 1. The highest BCUT2D eigenvalue weighted by Gasteiger charge is 2.14. The maximum atomic E-state index is 13.0. The van der Waals surface area contributed by atoms with Gasteiger partial charge in [-0.25, -0.2) is 4.39 Å². The van der Waals surface area contributed by atoms with Crippen molar-refractivity contribution in [3.63, 3.8) is 0 Å². The number of likely N-dealkylation sites (N-methyl/N-ethyl adjacent to an activating group) is 1. The third kappa shape index (κ3) is 3.44. The normalized spacial score (nSPS) is 12.7. The maximum Gasteiger partial charge on any atom is 0.124 e. The second-order valence-corrected chi connectivity index (χ2v) is 7.18. The Morgan fingerprint density at radius 1 is 1.44 bits per heavy atom. The van der Waals surface area contributed by atoms with Crippen molar-refractivity contribution >= 4 is 45.5 Å². The monoisotopic (exact) mass is 395 g/mol. The average molecular weight is 396 g/mol. The van der Waals surface area contributed by atoms with Gasteiger partial charge in [0.1, 0.15) is 5.82 Å². The first-order valence-electron chi connectivity index (χ1n) is 5.45. The highest BCUT2D eigenvalue weighted by atomic mass is 127. The van der Waals surface area contributed by atoms with E-state index >= 15 is 0 Å². The zero-order valence-electron chi connectivity index (χ0n) is 9.71. The molecule has 0 aliphatic heterocycles. The van der Waals surface area contributed by atoms with E-state index in [-0.39, 0.29) is 11.9 Å². The van der Waals surface area contributed by atoms with E-state index in [4.69, 9.17) is 11.6 Å². The lowest BCUT2D eigenvalue weighted by Gasteiger charge is -2.15. The lowest BCUT2D eigenvalue weighted by molar-refractivity contribution is 0.590. The van der Waals surface area contributed by atoms with Gasteiger partial charge in [0.25, 0.3) is 0 Å². The molecule has 1 unspecified atom stereocenters. The lowest BCUT2D eigenvalue weighted by atomic mass is 10.0. The molecule has 0 saturated carbocycles. The summed E-state index contributed by atoms with van der Waals surface area (Å²) in [6.07, 6.45) is 0.752. The summed E-state index contributed by atoms with van der Waals surface area (Å²) in [4.78, 5) is 0. The lowest BCUT2D eigenvalue weighted by Crippen LogP contribution is -2.18. The van der Waals surface area contributed by atoms with Gasteiger partial charge in [0.05, 0.1) is 2.88 Å². The standard InChI is InChI=1S/C13H12ClFINS/c1-17-12(9-5-13(16)18-7-9)4-8-2-3-10(15)6-11(8)14/h2-3,5-7,12,17H,4H2,1H3. The van der Waals surface area contributed by atoms with Crippen LogP contribution in [0.1, 0.15) is 17.2 Å². The van der Waals surface area contributed by atoms with E-state index in [1.807, 2.05) is 7.05 Å². The fourth-order valence-corrected chi connectivity index (χ4v) is 3.47. The van der Waals surface area contributed by atoms with Crippen LogP contribution in [0.4, 0.5) is 4.39 Å². The molecule has 1 N–H and O–H groups in total. The van der Waals surface area contributed by atoms with Crippen LogP contribution in [0.5, 0.6) is 0 Å². The summed E-state index contributed by atoms with van der Waals surface area (Å²) >= 11 is 10.1. The van der Waals surface area contributed by atoms with Crippen LogP contribution in [0.25, 0.3) is 0 Å². The minimum absolute atomic E-state index is 0.202. The van der Waals surface area contributed by atoms with E-state index < -0.39 is 0 Å². The van der Waals surface area contributed by atoms with Crippen molar-refractivity contribution in [2.45, 2.75) is 12.5 Å². The van der Waals surface area contributed by atoms with Crippen molar-refractivity contribution < 1.29 is 4.39 Å². The molecule has 0 aliphatic carbocycles. The van der Waals surface area contributed by atoms with Crippen LogP contribution < -0.4 is 5.32 Å². The van der Waals surface area contributed by atoms with Gasteiger partial charge >= 0.3 is 0 Å². The van der Waals surface area contributed by atoms with Crippen LogP contribution in [0.3, 0.4) is 0 Å². The van der Waals surface area contributed by atoms with Gasteiger partial charge in [0.2, 0.25) is 0 Å². The Balaban J connectivity index is 2.20. The quantitative estimate of drug-likeness (QED) is 0.743. The predicted molar refractivity (Wildman–Crippen MR) is 84.0 cm³/mol. The highest BCUT2D eigenvalue weighted by molar-refractivity contribution is 14.1. The Kier molecular flexibility index (Phi) is 5.00. The molecule has 1 heterocycles. The number of benzene rings is 1. The van der Waals surface area contributed by atoms with Crippen molar-refractivity contribution in [2.75, 3.05) is 7.05 Å². The van der Waals surface area contributed by atoms with Crippen molar-refractivity contribution in [2.24, 2.45) is 0 Å². The molecule has 0 saturated heterocycles. The second-order valence-electron chi connectivity index (χ2n) is 3.97. The summed E-state index contributed by atoms with van der Waals surface area (Å²) in [5.41, 5.74) is 2.20. The molecular weight excluding hydrogens is 384 g/mol. The second kappa shape index (κ2) is 6.32. The summed E-state index contributed by atoms with van der Waals surface area (Å²) in [5.74, 6) is -0.296. The van der Waals surface area contributed by atoms with E-state index in [0.29, 0.717) is 5.02 Å². The Hall–Kier alpha value is -0.170. The molecule has 1 nitrogen and oxygen atoms in total. The SMILES string of the molecule is CNC(Cc1ccc(F)cc1Cl)c1csc(I)c1. The Labute approximate surface area is 129 Å². The minimum Gasteiger partial charge on any atom is -0.313 e. The zero-order chi connectivity index (χ0) is 13.1. The third-order valence-electron chi connectivity index (χ3n) is 2.78. The van der Waals surface area contributed by atoms with E-state index in [0.717, 1.165) is 12.0 Å². The molecule has 1 atom stereocenters. The Morgan fingerprint density at radius 3 is 2.78 bits per heavy atom. The molecule has 18 heavy (non-hydrogen) atoms. The molecular formula is C13H12ClFINS. The van der Waals surface area contributed by atoms with Gasteiger partial charge in [0, 0.05) is 11.1 Å². The van der Waals surface area contributed by atoms with Crippen LogP contribution in [0.2, 0.25) is 5.02 Å². The molecule has 0 fully saturated rings. The first-order chi connectivity index (χ1) is 8.60. The number of hydrogen-bond donors (Lipinski definition) is 1. The van der Waals surface area contributed by atoms with Crippen LogP contribution >= 0.6 is 45.5 Å². The largest absolute Gasteiger partial charge is 0.313 e. The molecule has 1 aromatic heterocycles. The molecule has 96 valence electrons. The summed E-state index contributed by atoms with van der Waals surface area (Å²) < 4.78 is 14.3.